The Morgan fingerprint density at radius 2 is 2.05 bits per heavy atom. The molecule has 0 saturated carbocycles. The molecule has 1 aromatic rings. The minimum absolute atomic E-state index is 0.0444. The highest BCUT2D eigenvalue weighted by molar-refractivity contribution is 5.92. The lowest BCUT2D eigenvalue weighted by molar-refractivity contribution is 0.00531. The zero-order valence-electron chi connectivity index (χ0n) is 11.9. The van der Waals surface area contributed by atoms with Crippen LogP contribution in [0.2, 0.25) is 0 Å². The highest BCUT2D eigenvalue weighted by Crippen LogP contribution is 2.15. The van der Waals surface area contributed by atoms with E-state index in [9.17, 15) is 9.59 Å². The van der Waals surface area contributed by atoms with Crippen molar-refractivity contribution in [2.24, 2.45) is 0 Å². The summed E-state index contributed by atoms with van der Waals surface area (Å²) in [6.45, 7) is 6.40. The van der Waals surface area contributed by atoms with E-state index in [1.807, 2.05) is 20.8 Å². The first-order chi connectivity index (χ1) is 9.35. The predicted molar refractivity (Wildman–Crippen MR) is 73.3 cm³/mol. The Hall–Kier alpha value is -2.11. The normalized spacial score (nSPS) is 15.4. The number of hydrogen-bond donors (Lipinski definition) is 1. The van der Waals surface area contributed by atoms with Gasteiger partial charge in [-0.15, -0.1) is 0 Å². The quantitative estimate of drug-likeness (QED) is 0.887. The van der Waals surface area contributed by atoms with Gasteiger partial charge in [0, 0.05) is 19.3 Å². The summed E-state index contributed by atoms with van der Waals surface area (Å²) in [6.07, 6.45) is 1.23. The van der Waals surface area contributed by atoms with Crippen LogP contribution in [0.4, 0.5) is 4.79 Å². The molecule has 0 aliphatic carbocycles. The monoisotopic (exact) mass is 277 g/mol. The summed E-state index contributed by atoms with van der Waals surface area (Å²) in [5, 5.41) is 2.83. The van der Waals surface area contributed by atoms with Crippen LogP contribution in [0.15, 0.2) is 24.4 Å². The first kappa shape index (κ1) is 14.3. The van der Waals surface area contributed by atoms with Gasteiger partial charge in [-0.3, -0.25) is 9.78 Å². The second kappa shape index (κ2) is 5.48. The summed E-state index contributed by atoms with van der Waals surface area (Å²) in [5.41, 5.74) is -0.123. The van der Waals surface area contributed by atoms with Crippen LogP contribution in [0.1, 0.15) is 31.3 Å². The van der Waals surface area contributed by atoms with Crippen molar-refractivity contribution in [3.8, 4) is 0 Å². The van der Waals surface area contributed by atoms with Crippen LogP contribution in [-0.2, 0) is 4.74 Å². The molecular weight excluding hydrogens is 258 g/mol. The van der Waals surface area contributed by atoms with Crippen LogP contribution in [0.25, 0.3) is 0 Å². The average molecular weight is 277 g/mol. The van der Waals surface area contributed by atoms with E-state index in [2.05, 4.69) is 10.3 Å². The molecule has 1 aliphatic rings. The smallest absolute Gasteiger partial charge is 0.410 e. The van der Waals surface area contributed by atoms with E-state index < -0.39 is 5.60 Å². The highest BCUT2D eigenvalue weighted by atomic mass is 16.6. The topological polar surface area (TPSA) is 71.5 Å². The third-order valence-corrected chi connectivity index (χ3v) is 2.77. The lowest BCUT2D eigenvalue weighted by atomic mass is 10.1. The molecule has 1 N–H and O–H groups in total. The van der Waals surface area contributed by atoms with Crippen molar-refractivity contribution in [1.82, 2.24) is 15.2 Å². The van der Waals surface area contributed by atoms with E-state index >= 15 is 0 Å². The number of carbonyl (C=O) groups is 2. The highest BCUT2D eigenvalue weighted by Gasteiger charge is 2.34. The van der Waals surface area contributed by atoms with E-state index in [4.69, 9.17) is 4.74 Å². The van der Waals surface area contributed by atoms with Gasteiger partial charge in [-0.2, -0.15) is 0 Å². The van der Waals surface area contributed by atoms with Crippen molar-refractivity contribution in [1.29, 1.82) is 0 Å². The minimum atomic E-state index is -0.501. The molecule has 2 rings (SSSR count). The number of likely N-dealkylation sites (tertiary alicyclic amines) is 1. The molecule has 0 atom stereocenters. The minimum Gasteiger partial charge on any atom is -0.444 e. The van der Waals surface area contributed by atoms with Gasteiger partial charge < -0.3 is 15.0 Å². The van der Waals surface area contributed by atoms with E-state index in [-0.39, 0.29) is 18.0 Å². The van der Waals surface area contributed by atoms with Gasteiger partial charge in [0.05, 0.1) is 6.04 Å². The van der Waals surface area contributed by atoms with Gasteiger partial charge in [-0.25, -0.2) is 4.79 Å². The SMILES string of the molecule is CC(C)(C)OC(=O)N1CC(NC(=O)c2ccccn2)C1. The molecule has 20 heavy (non-hydrogen) atoms. The Morgan fingerprint density at radius 3 is 2.60 bits per heavy atom. The first-order valence-corrected chi connectivity index (χ1v) is 6.55. The summed E-state index contributed by atoms with van der Waals surface area (Å²) >= 11 is 0. The van der Waals surface area contributed by atoms with Crippen LogP contribution in [0.5, 0.6) is 0 Å². The molecule has 1 aliphatic heterocycles. The average Bonchev–Trinajstić information content (AvgIpc) is 2.31. The largest absolute Gasteiger partial charge is 0.444 e. The van der Waals surface area contributed by atoms with Crippen LogP contribution >= 0.6 is 0 Å². The Bertz CT molecular complexity index is 490. The van der Waals surface area contributed by atoms with Crippen molar-refractivity contribution < 1.29 is 14.3 Å². The maximum Gasteiger partial charge on any atom is 0.410 e. The van der Waals surface area contributed by atoms with Gasteiger partial charge in [0.1, 0.15) is 11.3 Å². The molecule has 0 unspecified atom stereocenters. The standard InChI is InChI=1S/C14H19N3O3/c1-14(2,3)20-13(19)17-8-10(9-17)16-12(18)11-6-4-5-7-15-11/h4-7,10H,8-9H2,1-3H3,(H,16,18). The molecule has 6 nitrogen and oxygen atoms in total. The number of nitrogens with one attached hydrogen (secondary N) is 1. The first-order valence-electron chi connectivity index (χ1n) is 6.55. The second-order valence-corrected chi connectivity index (χ2v) is 5.77. The summed E-state index contributed by atoms with van der Waals surface area (Å²) in [5.74, 6) is -0.223. The van der Waals surface area contributed by atoms with Gasteiger partial charge in [0.2, 0.25) is 0 Å². The van der Waals surface area contributed by atoms with Crippen molar-refractivity contribution in [3.63, 3.8) is 0 Å². The molecule has 1 aromatic heterocycles. The van der Waals surface area contributed by atoms with E-state index in [0.29, 0.717) is 18.8 Å². The Balaban J connectivity index is 1.77. The van der Waals surface area contributed by atoms with Gasteiger partial charge in [0.25, 0.3) is 5.91 Å². The van der Waals surface area contributed by atoms with Gasteiger partial charge in [-0.05, 0) is 32.9 Å². The third kappa shape index (κ3) is 3.69. The van der Waals surface area contributed by atoms with Crippen molar-refractivity contribution >= 4 is 12.0 Å². The van der Waals surface area contributed by atoms with Crippen LogP contribution in [0, 0.1) is 0 Å². The molecule has 0 aromatic carbocycles. The fraction of sp³-hybridized carbons (Fsp3) is 0.500. The molecule has 1 fully saturated rings. The lowest BCUT2D eigenvalue weighted by Crippen LogP contribution is -2.61. The molecule has 108 valence electrons. The molecule has 2 heterocycles. The molecule has 0 radical (unpaired) electrons. The summed E-state index contributed by atoms with van der Waals surface area (Å²) in [6, 6.07) is 5.12. The zero-order chi connectivity index (χ0) is 14.8. The Labute approximate surface area is 118 Å². The zero-order valence-corrected chi connectivity index (χ0v) is 11.9. The number of pyridine rings is 1. The Morgan fingerprint density at radius 1 is 1.35 bits per heavy atom. The number of carbonyl (C=O) groups excluding carboxylic acids is 2. The number of ether oxygens (including phenoxy) is 1. The van der Waals surface area contributed by atoms with Gasteiger partial charge in [-0.1, -0.05) is 6.07 Å². The van der Waals surface area contributed by atoms with Gasteiger partial charge in [0.15, 0.2) is 0 Å². The Kier molecular flexibility index (Phi) is 3.92. The molecule has 2 amide bonds. The third-order valence-electron chi connectivity index (χ3n) is 2.77. The van der Waals surface area contributed by atoms with E-state index in [1.54, 1.807) is 29.3 Å². The fourth-order valence-corrected chi connectivity index (χ4v) is 1.80. The van der Waals surface area contributed by atoms with Crippen LogP contribution in [0.3, 0.4) is 0 Å². The van der Waals surface area contributed by atoms with Crippen LogP contribution < -0.4 is 5.32 Å². The van der Waals surface area contributed by atoms with Crippen molar-refractivity contribution in [3.05, 3.63) is 30.1 Å². The molecule has 6 heteroatoms. The summed E-state index contributed by atoms with van der Waals surface area (Å²) in [7, 11) is 0. The van der Waals surface area contributed by atoms with E-state index in [1.165, 1.54) is 0 Å². The summed E-state index contributed by atoms with van der Waals surface area (Å²) < 4.78 is 5.24. The maximum atomic E-state index is 11.8. The lowest BCUT2D eigenvalue weighted by Gasteiger charge is -2.39. The number of hydrogen-bond acceptors (Lipinski definition) is 4. The molecule has 0 bridgehead atoms. The number of rotatable bonds is 2. The maximum absolute atomic E-state index is 11.8. The summed E-state index contributed by atoms with van der Waals surface area (Å²) in [4.78, 5) is 29.1. The second-order valence-electron chi connectivity index (χ2n) is 5.77. The number of amides is 2. The van der Waals surface area contributed by atoms with Gasteiger partial charge >= 0.3 is 6.09 Å². The van der Waals surface area contributed by atoms with Crippen molar-refractivity contribution in [2.75, 3.05) is 13.1 Å². The molecule has 1 saturated heterocycles. The van der Waals surface area contributed by atoms with E-state index in [0.717, 1.165) is 0 Å². The van der Waals surface area contributed by atoms with Crippen molar-refractivity contribution in [2.45, 2.75) is 32.4 Å². The number of nitrogens with zero attached hydrogens (tertiary/aromatic N) is 2. The van der Waals surface area contributed by atoms with Crippen LogP contribution in [-0.4, -0.2) is 46.6 Å². The fourth-order valence-electron chi connectivity index (χ4n) is 1.80. The molecular formula is C14H19N3O3. The molecule has 0 spiro atoms. The predicted octanol–water partition coefficient (Wildman–Crippen LogP) is 1.43. The number of aromatic nitrogens is 1.